The second kappa shape index (κ2) is 9.15. The van der Waals surface area contributed by atoms with Crippen molar-refractivity contribution in [3.63, 3.8) is 0 Å². The molecule has 1 aromatic carbocycles. The largest absolute Gasteiger partial charge is 0.353 e. The Morgan fingerprint density at radius 1 is 1.19 bits per heavy atom. The van der Waals surface area contributed by atoms with Crippen LogP contribution in [-0.4, -0.2) is 48.7 Å². The maximum absolute atomic E-state index is 13.3. The summed E-state index contributed by atoms with van der Waals surface area (Å²) in [5.41, 5.74) is 1.57. The van der Waals surface area contributed by atoms with Gasteiger partial charge in [0.25, 0.3) is 0 Å². The number of amides is 2. The topological polar surface area (TPSA) is 108 Å². The predicted molar refractivity (Wildman–Crippen MR) is 117 cm³/mol. The monoisotopic (exact) mass is 444 g/mol. The number of sulfonamides is 1. The molecule has 3 rings (SSSR count). The van der Waals surface area contributed by atoms with Gasteiger partial charge in [0.05, 0.1) is 23.6 Å². The minimum atomic E-state index is -3.94. The van der Waals surface area contributed by atoms with Gasteiger partial charge in [0.15, 0.2) is 0 Å². The molecule has 2 heterocycles. The number of pyridine rings is 1. The van der Waals surface area contributed by atoms with Crippen LogP contribution in [0.1, 0.15) is 38.4 Å². The van der Waals surface area contributed by atoms with Crippen molar-refractivity contribution in [2.24, 2.45) is 0 Å². The summed E-state index contributed by atoms with van der Waals surface area (Å²) < 4.78 is 27.7. The fourth-order valence-electron chi connectivity index (χ4n) is 3.38. The molecule has 1 aromatic heterocycles. The van der Waals surface area contributed by atoms with Crippen LogP contribution >= 0.6 is 0 Å². The van der Waals surface area contributed by atoms with Gasteiger partial charge in [-0.05, 0) is 35.2 Å². The number of nitrogens with zero attached hydrogens (tertiary/aromatic N) is 2. The van der Waals surface area contributed by atoms with E-state index in [0.717, 1.165) is 9.87 Å². The lowest BCUT2D eigenvalue weighted by Crippen LogP contribution is -2.58. The van der Waals surface area contributed by atoms with Crippen molar-refractivity contribution in [3.05, 3.63) is 59.9 Å². The number of carbonyl (C=O) groups is 2. The number of benzene rings is 1. The molecule has 9 heteroatoms. The molecule has 31 heavy (non-hydrogen) atoms. The lowest BCUT2D eigenvalue weighted by atomic mass is 9.87. The molecule has 1 aliphatic rings. The third-order valence-corrected chi connectivity index (χ3v) is 7.10. The molecule has 0 bridgehead atoms. The predicted octanol–water partition coefficient (Wildman–Crippen LogP) is 1.57. The second-order valence-electron chi connectivity index (χ2n) is 8.50. The molecule has 2 N–H and O–H groups in total. The Labute approximate surface area is 183 Å². The molecule has 8 nitrogen and oxygen atoms in total. The highest BCUT2D eigenvalue weighted by Crippen LogP contribution is 2.26. The SMILES string of the molecule is CC(C)(C)c1ccc(S(=O)(=O)N2CCNC(=O)C2CC(=O)NCc2ccccn2)cc1. The number of hydrogen-bond acceptors (Lipinski definition) is 5. The van der Waals surface area contributed by atoms with Gasteiger partial charge in [-0.15, -0.1) is 0 Å². The summed E-state index contributed by atoms with van der Waals surface area (Å²) >= 11 is 0. The summed E-state index contributed by atoms with van der Waals surface area (Å²) in [6, 6.07) is 10.9. The number of rotatable bonds is 6. The zero-order chi connectivity index (χ0) is 22.6. The van der Waals surface area contributed by atoms with Gasteiger partial charge in [0, 0.05) is 19.3 Å². The van der Waals surface area contributed by atoms with E-state index in [4.69, 9.17) is 0 Å². The van der Waals surface area contributed by atoms with Crippen molar-refractivity contribution in [1.82, 2.24) is 19.9 Å². The average molecular weight is 445 g/mol. The van der Waals surface area contributed by atoms with E-state index in [1.165, 1.54) is 0 Å². The molecule has 1 unspecified atom stereocenters. The molecular weight excluding hydrogens is 416 g/mol. The first-order valence-corrected chi connectivity index (χ1v) is 11.6. The Kier molecular flexibility index (Phi) is 6.76. The Bertz CT molecular complexity index is 1030. The molecule has 1 saturated heterocycles. The van der Waals surface area contributed by atoms with Crippen molar-refractivity contribution >= 4 is 21.8 Å². The summed E-state index contributed by atoms with van der Waals surface area (Å²) in [7, 11) is -3.94. The van der Waals surface area contributed by atoms with Gasteiger partial charge in [-0.25, -0.2) is 8.42 Å². The van der Waals surface area contributed by atoms with E-state index in [1.54, 1.807) is 42.6 Å². The van der Waals surface area contributed by atoms with Gasteiger partial charge in [-0.2, -0.15) is 4.31 Å². The van der Waals surface area contributed by atoms with Gasteiger partial charge in [-0.3, -0.25) is 14.6 Å². The van der Waals surface area contributed by atoms with E-state index in [9.17, 15) is 18.0 Å². The summed E-state index contributed by atoms with van der Waals surface area (Å²) in [4.78, 5) is 29.2. The molecular formula is C22H28N4O4S. The van der Waals surface area contributed by atoms with Crippen LogP contribution < -0.4 is 10.6 Å². The van der Waals surface area contributed by atoms with Crippen LogP contribution in [0, 0.1) is 0 Å². The molecule has 0 spiro atoms. The number of aromatic nitrogens is 1. The summed E-state index contributed by atoms with van der Waals surface area (Å²) in [6.07, 6.45) is 1.35. The second-order valence-corrected chi connectivity index (χ2v) is 10.4. The molecule has 0 aliphatic carbocycles. The van der Waals surface area contributed by atoms with Crippen molar-refractivity contribution in [3.8, 4) is 0 Å². The van der Waals surface area contributed by atoms with Crippen LogP contribution in [-0.2, 0) is 31.6 Å². The molecule has 1 atom stereocenters. The Morgan fingerprint density at radius 3 is 2.52 bits per heavy atom. The smallest absolute Gasteiger partial charge is 0.243 e. The lowest BCUT2D eigenvalue weighted by molar-refractivity contribution is -0.131. The zero-order valence-corrected chi connectivity index (χ0v) is 18.8. The molecule has 0 saturated carbocycles. The number of piperazine rings is 1. The van der Waals surface area contributed by atoms with Crippen molar-refractivity contribution in [2.45, 2.75) is 50.1 Å². The van der Waals surface area contributed by atoms with Gasteiger partial charge < -0.3 is 10.6 Å². The highest BCUT2D eigenvalue weighted by atomic mass is 32.2. The van der Waals surface area contributed by atoms with Gasteiger partial charge >= 0.3 is 0 Å². The Balaban J connectivity index is 1.76. The lowest BCUT2D eigenvalue weighted by Gasteiger charge is -2.33. The first-order valence-electron chi connectivity index (χ1n) is 10.2. The standard InChI is InChI=1S/C22H28N4O4S/c1-22(2,3)16-7-9-18(10-8-16)31(29,30)26-13-12-24-21(28)19(26)14-20(27)25-15-17-6-4-5-11-23-17/h4-11,19H,12-15H2,1-3H3,(H,24,28)(H,25,27). The van der Waals surface area contributed by atoms with Crippen LogP contribution in [0.5, 0.6) is 0 Å². The molecule has 1 aliphatic heterocycles. The van der Waals surface area contributed by atoms with E-state index in [0.29, 0.717) is 5.69 Å². The maximum Gasteiger partial charge on any atom is 0.243 e. The van der Waals surface area contributed by atoms with Crippen molar-refractivity contribution in [2.75, 3.05) is 13.1 Å². The minimum Gasteiger partial charge on any atom is -0.353 e. The minimum absolute atomic E-state index is 0.104. The van der Waals surface area contributed by atoms with Gasteiger partial charge in [-0.1, -0.05) is 39.0 Å². The first-order chi connectivity index (χ1) is 14.6. The van der Waals surface area contributed by atoms with Gasteiger partial charge in [0.1, 0.15) is 6.04 Å². The van der Waals surface area contributed by atoms with Crippen LogP contribution in [0.25, 0.3) is 0 Å². The number of hydrogen-bond donors (Lipinski definition) is 2. The highest BCUT2D eigenvalue weighted by molar-refractivity contribution is 7.89. The fourth-order valence-corrected chi connectivity index (χ4v) is 4.97. The highest BCUT2D eigenvalue weighted by Gasteiger charge is 2.39. The van der Waals surface area contributed by atoms with Crippen LogP contribution in [0.15, 0.2) is 53.6 Å². The van der Waals surface area contributed by atoms with E-state index in [2.05, 4.69) is 15.6 Å². The van der Waals surface area contributed by atoms with Crippen LogP contribution in [0.3, 0.4) is 0 Å². The molecule has 2 aromatic rings. The summed E-state index contributed by atoms with van der Waals surface area (Å²) in [6.45, 7) is 6.65. The van der Waals surface area contributed by atoms with E-state index in [-0.39, 0.29) is 36.4 Å². The van der Waals surface area contributed by atoms with E-state index in [1.807, 2.05) is 26.8 Å². The van der Waals surface area contributed by atoms with Crippen molar-refractivity contribution in [1.29, 1.82) is 0 Å². The number of nitrogens with one attached hydrogen (secondary N) is 2. The molecule has 1 fully saturated rings. The average Bonchev–Trinajstić information content (AvgIpc) is 2.74. The quantitative estimate of drug-likeness (QED) is 0.703. The van der Waals surface area contributed by atoms with E-state index >= 15 is 0 Å². The Morgan fingerprint density at radius 2 is 1.90 bits per heavy atom. The summed E-state index contributed by atoms with van der Waals surface area (Å²) in [5, 5.41) is 5.36. The molecule has 0 radical (unpaired) electrons. The fraction of sp³-hybridized carbons (Fsp3) is 0.409. The molecule has 2 amide bonds. The maximum atomic E-state index is 13.3. The van der Waals surface area contributed by atoms with Crippen LogP contribution in [0.4, 0.5) is 0 Å². The van der Waals surface area contributed by atoms with Crippen LogP contribution in [0.2, 0.25) is 0 Å². The first kappa shape index (κ1) is 22.9. The normalized spacial score (nSPS) is 17.8. The zero-order valence-electron chi connectivity index (χ0n) is 18.0. The van der Waals surface area contributed by atoms with Gasteiger partial charge in [0.2, 0.25) is 21.8 Å². The Hall–Kier alpha value is -2.78. The van der Waals surface area contributed by atoms with E-state index < -0.39 is 27.9 Å². The number of carbonyl (C=O) groups excluding carboxylic acids is 2. The third kappa shape index (κ3) is 5.48. The van der Waals surface area contributed by atoms with Crippen molar-refractivity contribution < 1.29 is 18.0 Å². The molecule has 166 valence electrons. The third-order valence-electron chi connectivity index (χ3n) is 5.18. The summed E-state index contributed by atoms with van der Waals surface area (Å²) in [5.74, 6) is -0.898.